The Labute approximate surface area is 80.1 Å². The highest BCUT2D eigenvalue weighted by Gasteiger charge is 2.41. The van der Waals surface area contributed by atoms with Gasteiger partial charge in [0.2, 0.25) is 0 Å². The third-order valence-corrected chi connectivity index (χ3v) is 3.28. The van der Waals surface area contributed by atoms with E-state index in [1.165, 1.54) is 25.9 Å². The Balaban J connectivity index is 1.58. The molecule has 1 saturated carbocycles. The number of hydrogen-bond donors (Lipinski definition) is 2. The summed E-state index contributed by atoms with van der Waals surface area (Å²) in [5.74, 6) is 0. The van der Waals surface area contributed by atoms with Gasteiger partial charge in [-0.05, 0) is 38.8 Å². The molecule has 2 fully saturated rings. The van der Waals surface area contributed by atoms with Crippen LogP contribution in [-0.2, 0) is 0 Å². The largest absolute Gasteiger partial charge is 0.394 e. The second kappa shape index (κ2) is 3.95. The van der Waals surface area contributed by atoms with Crippen LogP contribution in [0.1, 0.15) is 25.7 Å². The van der Waals surface area contributed by atoms with Gasteiger partial charge in [-0.3, -0.25) is 0 Å². The van der Waals surface area contributed by atoms with Gasteiger partial charge in [-0.25, -0.2) is 0 Å². The number of aliphatic hydroxyl groups excluding tert-OH is 1. The smallest absolute Gasteiger partial charge is 0.0613 e. The van der Waals surface area contributed by atoms with E-state index in [0.29, 0.717) is 6.61 Å². The second-order valence-corrected chi connectivity index (χ2v) is 4.41. The molecule has 3 heteroatoms. The normalized spacial score (nSPS) is 26.5. The molecule has 0 aromatic rings. The average molecular weight is 184 g/mol. The lowest BCUT2D eigenvalue weighted by atomic mass is 10.3. The van der Waals surface area contributed by atoms with E-state index in [9.17, 15) is 0 Å². The van der Waals surface area contributed by atoms with Crippen molar-refractivity contribution in [2.24, 2.45) is 0 Å². The molecule has 2 N–H and O–H groups in total. The number of hydrogen-bond acceptors (Lipinski definition) is 3. The summed E-state index contributed by atoms with van der Waals surface area (Å²) in [5.41, 5.74) is 0.125. The minimum absolute atomic E-state index is 0.125. The fraction of sp³-hybridized carbons (Fsp3) is 1.00. The van der Waals surface area contributed by atoms with Crippen LogP contribution in [0.4, 0.5) is 0 Å². The third-order valence-electron chi connectivity index (χ3n) is 3.28. The topological polar surface area (TPSA) is 35.5 Å². The molecule has 1 saturated heterocycles. The predicted molar refractivity (Wildman–Crippen MR) is 52.7 cm³/mol. The van der Waals surface area contributed by atoms with Gasteiger partial charge in [-0.1, -0.05) is 0 Å². The highest BCUT2D eigenvalue weighted by Crippen LogP contribution is 2.34. The predicted octanol–water partition coefficient (Wildman–Crippen LogP) is 0.197. The Hall–Kier alpha value is -0.120. The summed E-state index contributed by atoms with van der Waals surface area (Å²) in [4.78, 5) is 2.50. The van der Waals surface area contributed by atoms with Crippen LogP contribution in [0.3, 0.4) is 0 Å². The van der Waals surface area contributed by atoms with Crippen molar-refractivity contribution in [2.75, 3.05) is 32.8 Å². The fourth-order valence-corrected chi connectivity index (χ4v) is 2.03. The standard InChI is InChI=1S/C10H20N2O/c13-9-10(3-4-10)11-5-8-12-6-1-2-7-12/h11,13H,1-9H2. The van der Waals surface area contributed by atoms with Crippen LogP contribution in [0.25, 0.3) is 0 Å². The SMILES string of the molecule is OCC1(NCCN2CCCC2)CC1. The number of nitrogens with zero attached hydrogens (tertiary/aromatic N) is 1. The zero-order chi connectivity index (χ0) is 9.15. The van der Waals surface area contributed by atoms with Gasteiger partial charge < -0.3 is 15.3 Å². The molecular weight excluding hydrogens is 164 g/mol. The van der Waals surface area contributed by atoms with Crippen LogP contribution in [-0.4, -0.2) is 48.3 Å². The first-order chi connectivity index (χ1) is 6.35. The van der Waals surface area contributed by atoms with E-state index in [1.54, 1.807) is 0 Å². The van der Waals surface area contributed by atoms with E-state index in [1.807, 2.05) is 0 Å². The number of likely N-dealkylation sites (tertiary alicyclic amines) is 1. The van der Waals surface area contributed by atoms with Crippen LogP contribution in [0.2, 0.25) is 0 Å². The minimum Gasteiger partial charge on any atom is -0.394 e. The molecule has 2 aliphatic rings. The van der Waals surface area contributed by atoms with Crippen molar-refractivity contribution >= 4 is 0 Å². The number of rotatable bonds is 5. The van der Waals surface area contributed by atoms with Gasteiger partial charge in [0.1, 0.15) is 0 Å². The molecule has 1 aliphatic heterocycles. The highest BCUT2D eigenvalue weighted by molar-refractivity contribution is 5.01. The van der Waals surface area contributed by atoms with Gasteiger partial charge in [0.15, 0.2) is 0 Å². The maximum absolute atomic E-state index is 9.07. The molecule has 0 radical (unpaired) electrons. The maximum atomic E-state index is 9.07. The zero-order valence-corrected chi connectivity index (χ0v) is 8.26. The zero-order valence-electron chi connectivity index (χ0n) is 8.26. The molecule has 1 aliphatic carbocycles. The molecule has 76 valence electrons. The first-order valence-corrected chi connectivity index (χ1v) is 5.43. The van der Waals surface area contributed by atoms with Gasteiger partial charge in [-0.2, -0.15) is 0 Å². The van der Waals surface area contributed by atoms with Crippen LogP contribution in [0, 0.1) is 0 Å². The highest BCUT2D eigenvalue weighted by atomic mass is 16.3. The quantitative estimate of drug-likeness (QED) is 0.640. The molecular formula is C10H20N2O. The number of nitrogens with one attached hydrogen (secondary N) is 1. The van der Waals surface area contributed by atoms with Gasteiger partial charge >= 0.3 is 0 Å². The van der Waals surface area contributed by atoms with E-state index < -0.39 is 0 Å². The first-order valence-electron chi connectivity index (χ1n) is 5.43. The monoisotopic (exact) mass is 184 g/mol. The summed E-state index contributed by atoms with van der Waals surface area (Å²) >= 11 is 0. The summed E-state index contributed by atoms with van der Waals surface area (Å²) in [6.07, 6.45) is 5.04. The molecule has 0 bridgehead atoms. The van der Waals surface area contributed by atoms with E-state index in [2.05, 4.69) is 10.2 Å². The Bertz CT molecular complexity index is 162. The molecule has 3 nitrogen and oxygen atoms in total. The lowest BCUT2D eigenvalue weighted by Gasteiger charge is -2.18. The summed E-state index contributed by atoms with van der Waals surface area (Å²) in [6, 6.07) is 0. The van der Waals surface area contributed by atoms with E-state index in [0.717, 1.165) is 25.9 Å². The summed E-state index contributed by atoms with van der Waals surface area (Å²) < 4.78 is 0. The second-order valence-electron chi connectivity index (χ2n) is 4.41. The van der Waals surface area contributed by atoms with Crippen molar-refractivity contribution in [3.63, 3.8) is 0 Å². The van der Waals surface area contributed by atoms with E-state index >= 15 is 0 Å². The molecule has 0 aromatic heterocycles. The Kier molecular flexibility index (Phi) is 2.86. The lowest BCUT2D eigenvalue weighted by molar-refractivity contribution is 0.223. The minimum atomic E-state index is 0.125. The molecule has 1 heterocycles. The van der Waals surface area contributed by atoms with Crippen molar-refractivity contribution in [3.8, 4) is 0 Å². The van der Waals surface area contributed by atoms with Gasteiger partial charge in [0.05, 0.1) is 6.61 Å². The Morgan fingerprint density at radius 1 is 1.23 bits per heavy atom. The molecule has 0 atom stereocenters. The maximum Gasteiger partial charge on any atom is 0.0613 e. The Morgan fingerprint density at radius 2 is 1.92 bits per heavy atom. The van der Waals surface area contributed by atoms with Gasteiger partial charge in [-0.15, -0.1) is 0 Å². The van der Waals surface area contributed by atoms with Crippen molar-refractivity contribution in [1.82, 2.24) is 10.2 Å². The summed E-state index contributed by atoms with van der Waals surface area (Å²) in [7, 11) is 0. The molecule has 0 spiro atoms. The molecule has 2 rings (SSSR count). The summed E-state index contributed by atoms with van der Waals surface area (Å²) in [5, 5.41) is 12.5. The van der Waals surface area contributed by atoms with Crippen molar-refractivity contribution < 1.29 is 5.11 Å². The van der Waals surface area contributed by atoms with Crippen LogP contribution >= 0.6 is 0 Å². The molecule has 0 unspecified atom stereocenters. The van der Waals surface area contributed by atoms with Crippen LogP contribution in [0.5, 0.6) is 0 Å². The van der Waals surface area contributed by atoms with Crippen LogP contribution in [0.15, 0.2) is 0 Å². The lowest BCUT2D eigenvalue weighted by Crippen LogP contribution is -2.39. The summed E-state index contributed by atoms with van der Waals surface area (Å²) in [6.45, 7) is 5.05. The van der Waals surface area contributed by atoms with Crippen molar-refractivity contribution in [3.05, 3.63) is 0 Å². The molecule has 13 heavy (non-hydrogen) atoms. The van der Waals surface area contributed by atoms with Gasteiger partial charge in [0.25, 0.3) is 0 Å². The fourth-order valence-electron chi connectivity index (χ4n) is 2.03. The number of aliphatic hydroxyl groups is 1. The molecule has 0 aromatic carbocycles. The average Bonchev–Trinajstić information content (AvgIpc) is 2.74. The van der Waals surface area contributed by atoms with E-state index in [-0.39, 0.29) is 5.54 Å². The van der Waals surface area contributed by atoms with Crippen molar-refractivity contribution in [2.45, 2.75) is 31.2 Å². The first kappa shape index (κ1) is 9.44. The van der Waals surface area contributed by atoms with Crippen LogP contribution < -0.4 is 5.32 Å². The Morgan fingerprint density at radius 3 is 2.46 bits per heavy atom. The van der Waals surface area contributed by atoms with E-state index in [4.69, 9.17) is 5.11 Å². The van der Waals surface area contributed by atoms with Crippen molar-refractivity contribution in [1.29, 1.82) is 0 Å². The third kappa shape index (κ3) is 2.42. The van der Waals surface area contributed by atoms with Gasteiger partial charge in [0, 0.05) is 18.6 Å². The molecule has 0 amide bonds.